The monoisotopic (exact) mass is 277 g/mol. The van der Waals surface area contributed by atoms with Crippen molar-refractivity contribution in [3.63, 3.8) is 0 Å². The van der Waals surface area contributed by atoms with Crippen LogP contribution in [0.3, 0.4) is 0 Å². The number of H-pyrrole nitrogens is 1. The number of nitrogens with zero attached hydrogens (tertiary/aromatic N) is 1. The van der Waals surface area contributed by atoms with Gasteiger partial charge < -0.3 is 5.32 Å². The highest BCUT2D eigenvalue weighted by Gasteiger charge is 2.13. The first-order valence-corrected chi connectivity index (χ1v) is 7.40. The third kappa shape index (κ3) is 3.23. The van der Waals surface area contributed by atoms with Gasteiger partial charge in [-0.05, 0) is 31.4 Å². The molecule has 1 amide bonds. The first-order chi connectivity index (χ1) is 9.13. The van der Waals surface area contributed by atoms with Gasteiger partial charge >= 0.3 is 0 Å². The fraction of sp³-hybridized carbons (Fsp3) is 0.429. The number of anilines is 1. The lowest BCUT2D eigenvalue weighted by Gasteiger charge is -1.97. The van der Waals surface area contributed by atoms with Crippen LogP contribution >= 0.6 is 11.3 Å². The van der Waals surface area contributed by atoms with E-state index < -0.39 is 0 Å². The summed E-state index contributed by atoms with van der Waals surface area (Å²) >= 11 is 1.54. The van der Waals surface area contributed by atoms with Gasteiger partial charge in [-0.25, -0.2) is 0 Å². The van der Waals surface area contributed by atoms with Crippen LogP contribution < -0.4 is 5.32 Å². The van der Waals surface area contributed by atoms with Crippen LogP contribution in [0.5, 0.6) is 0 Å². The number of nitrogens with one attached hydrogen (secondary N) is 2. The number of aryl methyl sites for hydroxylation is 3. The normalized spacial score (nSPS) is 10.7. The molecule has 2 N–H and O–H groups in total. The van der Waals surface area contributed by atoms with Gasteiger partial charge in [0.2, 0.25) is 0 Å². The van der Waals surface area contributed by atoms with Crippen molar-refractivity contribution in [1.29, 1.82) is 0 Å². The maximum atomic E-state index is 12.1. The number of carbonyl (C=O) groups is 1. The van der Waals surface area contributed by atoms with Gasteiger partial charge in [-0.3, -0.25) is 9.89 Å². The summed E-state index contributed by atoms with van der Waals surface area (Å²) in [6.45, 7) is 6.25. The molecule has 0 fully saturated rings. The largest absolute Gasteiger partial charge is 0.304 e. The summed E-state index contributed by atoms with van der Waals surface area (Å²) in [6.07, 6.45) is 3.00. The van der Waals surface area contributed by atoms with Crippen LogP contribution in [0.15, 0.2) is 12.1 Å². The molecule has 0 bridgehead atoms. The number of amides is 1. The second-order valence-electron chi connectivity index (χ2n) is 4.53. The van der Waals surface area contributed by atoms with E-state index in [1.54, 1.807) is 11.3 Å². The molecule has 5 heteroatoms. The molecule has 2 heterocycles. The second-order valence-corrected chi connectivity index (χ2v) is 5.78. The minimum atomic E-state index is -0.0791. The van der Waals surface area contributed by atoms with E-state index in [4.69, 9.17) is 0 Å². The Morgan fingerprint density at radius 1 is 1.42 bits per heavy atom. The molecule has 0 saturated heterocycles. The lowest BCUT2D eigenvalue weighted by Crippen LogP contribution is -2.10. The molecule has 102 valence electrons. The van der Waals surface area contributed by atoms with E-state index in [0.29, 0.717) is 5.82 Å². The third-order valence-corrected chi connectivity index (χ3v) is 4.11. The molecular weight excluding hydrogens is 258 g/mol. The smallest absolute Gasteiger partial charge is 0.266 e. The average Bonchev–Trinajstić information content (AvgIpc) is 2.97. The molecule has 0 aliphatic carbocycles. The molecule has 0 radical (unpaired) electrons. The molecule has 19 heavy (non-hydrogen) atoms. The molecule has 2 aromatic heterocycles. The van der Waals surface area contributed by atoms with E-state index in [-0.39, 0.29) is 5.91 Å². The first kappa shape index (κ1) is 13.8. The Bertz CT molecular complexity index is 571. The molecule has 0 saturated carbocycles. The van der Waals surface area contributed by atoms with E-state index in [1.165, 1.54) is 10.4 Å². The molecule has 2 rings (SSSR count). The third-order valence-electron chi connectivity index (χ3n) is 3.02. The van der Waals surface area contributed by atoms with Crippen molar-refractivity contribution in [2.45, 2.75) is 40.0 Å². The van der Waals surface area contributed by atoms with E-state index in [2.05, 4.69) is 29.4 Å². The lowest BCUT2D eigenvalue weighted by atomic mass is 10.1. The quantitative estimate of drug-likeness (QED) is 0.878. The molecule has 4 nitrogen and oxygen atoms in total. The van der Waals surface area contributed by atoms with Crippen LogP contribution in [0.2, 0.25) is 0 Å². The van der Waals surface area contributed by atoms with Crippen molar-refractivity contribution in [2.24, 2.45) is 0 Å². The average molecular weight is 277 g/mol. The highest BCUT2D eigenvalue weighted by Crippen LogP contribution is 2.23. The van der Waals surface area contributed by atoms with Gasteiger partial charge in [-0.2, -0.15) is 5.10 Å². The number of rotatable bonds is 5. The summed E-state index contributed by atoms with van der Waals surface area (Å²) in [5.74, 6) is 0.509. The van der Waals surface area contributed by atoms with E-state index >= 15 is 0 Å². The fourth-order valence-corrected chi connectivity index (χ4v) is 2.90. The van der Waals surface area contributed by atoms with Crippen LogP contribution in [0.4, 0.5) is 5.82 Å². The minimum absolute atomic E-state index is 0.0791. The number of hydrogen-bond donors (Lipinski definition) is 2. The van der Waals surface area contributed by atoms with Crippen LogP contribution in [-0.2, 0) is 12.8 Å². The first-order valence-electron chi connectivity index (χ1n) is 6.59. The van der Waals surface area contributed by atoms with Crippen molar-refractivity contribution < 1.29 is 4.79 Å². The summed E-state index contributed by atoms with van der Waals surface area (Å²) in [4.78, 5) is 14.1. The zero-order valence-corrected chi connectivity index (χ0v) is 12.4. The molecule has 0 atom stereocenters. The van der Waals surface area contributed by atoms with Gasteiger partial charge in [-0.15, -0.1) is 11.3 Å². The minimum Gasteiger partial charge on any atom is -0.304 e. The Labute approximate surface area is 117 Å². The van der Waals surface area contributed by atoms with Gasteiger partial charge in [0, 0.05) is 16.6 Å². The number of carbonyl (C=O) groups excluding carboxylic acids is 1. The zero-order chi connectivity index (χ0) is 13.8. The predicted octanol–water partition coefficient (Wildman–Crippen LogP) is 3.55. The summed E-state index contributed by atoms with van der Waals surface area (Å²) in [7, 11) is 0. The lowest BCUT2D eigenvalue weighted by molar-refractivity contribution is 0.103. The van der Waals surface area contributed by atoms with Gasteiger partial charge in [0.1, 0.15) is 0 Å². The summed E-state index contributed by atoms with van der Waals surface area (Å²) in [5.41, 5.74) is 2.29. The van der Waals surface area contributed by atoms with Gasteiger partial charge in [-0.1, -0.05) is 20.3 Å². The van der Waals surface area contributed by atoms with Gasteiger partial charge in [0.15, 0.2) is 5.82 Å². The van der Waals surface area contributed by atoms with Crippen molar-refractivity contribution >= 4 is 23.1 Å². The molecule has 0 spiro atoms. The standard InChI is InChI=1S/C14H19N3OS/c1-4-6-10-7-12(19-9(10)3)14(18)15-13-8-11(5-2)16-17-13/h7-8H,4-6H2,1-3H3,(H2,15,16,17,18). The summed E-state index contributed by atoms with van der Waals surface area (Å²) in [5, 5.41) is 9.78. The van der Waals surface area contributed by atoms with Crippen molar-refractivity contribution in [3.8, 4) is 0 Å². The SMILES string of the molecule is CCCc1cc(C(=O)Nc2cc(CC)[nH]n2)sc1C. The van der Waals surface area contributed by atoms with Crippen LogP contribution in [0.1, 0.15) is 46.1 Å². The van der Waals surface area contributed by atoms with Gasteiger partial charge in [0.05, 0.1) is 4.88 Å². The number of hydrogen-bond acceptors (Lipinski definition) is 3. The van der Waals surface area contributed by atoms with E-state index in [1.807, 2.05) is 19.1 Å². The highest BCUT2D eigenvalue weighted by molar-refractivity contribution is 7.14. The Kier molecular flexibility index (Phi) is 4.37. The maximum Gasteiger partial charge on any atom is 0.266 e. The van der Waals surface area contributed by atoms with E-state index in [9.17, 15) is 4.79 Å². The number of aromatic amines is 1. The maximum absolute atomic E-state index is 12.1. The van der Waals surface area contributed by atoms with Crippen LogP contribution in [0, 0.1) is 6.92 Å². The molecule has 0 aromatic carbocycles. The Morgan fingerprint density at radius 3 is 2.84 bits per heavy atom. The Hall–Kier alpha value is -1.62. The van der Waals surface area contributed by atoms with Crippen LogP contribution in [0.25, 0.3) is 0 Å². The highest BCUT2D eigenvalue weighted by atomic mass is 32.1. The van der Waals surface area contributed by atoms with Crippen molar-refractivity contribution in [1.82, 2.24) is 10.2 Å². The fourth-order valence-electron chi connectivity index (χ4n) is 1.93. The molecule has 0 unspecified atom stereocenters. The Morgan fingerprint density at radius 2 is 2.21 bits per heavy atom. The predicted molar refractivity (Wildman–Crippen MR) is 79.0 cm³/mol. The zero-order valence-electron chi connectivity index (χ0n) is 11.5. The molecule has 2 aromatic rings. The van der Waals surface area contributed by atoms with Crippen molar-refractivity contribution in [2.75, 3.05) is 5.32 Å². The van der Waals surface area contributed by atoms with E-state index in [0.717, 1.165) is 29.8 Å². The molecule has 0 aliphatic rings. The Balaban J connectivity index is 2.09. The van der Waals surface area contributed by atoms with Gasteiger partial charge in [0.25, 0.3) is 5.91 Å². The van der Waals surface area contributed by atoms with Crippen LogP contribution in [-0.4, -0.2) is 16.1 Å². The summed E-state index contributed by atoms with van der Waals surface area (Å²) < 4.78 is 0. The second kappa shape index (κ2) is 6.02. The summed E-state index contributed by atoms with van der Waals surface area (Å²) in [6, 6.07) is 3.86. The number of thiophene rings is 1. The molecule has 0 aliphatic heterocycles. The van der Waals surface area contributed by atoms with Crippen molar-refractivity contribution in [3.05, 3.63) is 33.1 Å². The topological polar surface area (TPSA) is 57.8 Å². The number of aromatic nitrogens is 2. The molecular formula is C14H19N3OS.